The summed E-state index contributed by atoms with van der Waals surface area (Å²) in [6.07, 6.45) is -0.584. The molecule has 0 radical (unpaired) electrons. The number of hydrogen-bond donors (Lipinski definition) is 1. The maximum atomic E-state index is 11.8. The Morgan fingerprint density at radius 1 is 1.35 bits per heavy atom. The fourth-order valence-electron chi connectivity index (χ4n) is 2.00. The van der Waals surface area contributed by atoms with Gasteiger partial charge in [0.2, 0.25) is 0 Å². The maximum Gasteiger partial charge on any atom is 0.411 e. The highest BCUT2D eigenvalue weighted by atomic mass is 19.4. The van der Waals surface area contributed by atoms with Gasteiger partial charge in [0.15, 0.2) is 0 Å². The van der Waals surface area contributed by atoms with E-state index in [0.717, 1.165) is 19.5 Å². The first kappa shape index (κ1) is 14.7. The van der Waals surface area contributed by atoms with Gasteiger partial charge in [0.05, 0.1) is 6.61 Å². The summed E-state index contributed by atoms with van der Waals surface area (Å²) in [5, 5.41) is 3.14. The fraction of sp³-hybridized carbons (Fsp3) is 1.00. The Morgan fingerprint density at radius 2 is 2.12 bits per heavy atom. The third kappa shape index (κ3) is 6.85. The van der Waals surface area contributed by atoms with Gasteiger partial charge in [0.1, 0.15) is 6.61 Å². The first-order valence-electron chi connectivity index (χ1n) is 6.04. The lowest BCUT2D eigenvalue weighted by Gasteiger charge is -2.32. The smallest absolute Gasteiger partial charge is 0.371 e. The lowest BCUT2D eigenvalue weighted by Crippen LogP contribution is -2.43. The van der Waals surface area contributed by atoms with E-state index in [9.17, 15) is 13.2 Å². The largest absolute Gasteiger partial charge is 0.411 e. The van der Waals surface area contributed by atoms with E-state index in [1.165, 1.54) is 12.8 Å². The summed E-state index contributed by atoms with van der Waals surface area (Å²) >= 11 is 0. The maximum absolute atomic E-state index is 11.8. The van der Waals surface area contributed by atoms with E-state index in [2.05, 4.69) is 22.0 Å². The van der Waals surface area contributed by atoms with Crippen LogP contribution in [0.4, 0.5) is 13.2 Å². The Kier molecular flexibility index (Phi) is 6.22. The molecule has 17 heavy (non-hydrogen) atoms. The van der Waals surface area contributed by atoms with Crippen LogP contribution in [0.15, 0.2) is 0 Å². The highest BCUT2D eigenvalue weighted by Gasteiger charge is 2.27. The summed E-state index contributed by atoms with van der Waals surface area (Å²) in [5.41, 5.74) is 0. The minimum atomic E-state index is -4.22. The molecule has 1 atom stereocenters. The van der Waals surface area contributed by atoms with Gasteiger partial charge in [-0.15, -0.1) is 0 Å². The van der Waals surface area contributed by atoms with Gasteiger partial charge in [-0.25, -0.2) is 0 Å². The van der Waals surface area contributed by atoms with E-state index in [1.807, 2.05) is 0 Å². The van der Waals surface area contributed by atoms with Crippen molar-refractivity contribution in [2.24, 2.45) is 0 Å². The van der Waals surface area contributed by atoms with E-state index in [0.29, 0.717) is 12.6 Å². The minimum Gasteiger partial charge on any atom is -0.371 e. The highest BCUT2D eigenvalue weighted by Crippen LogP contribution is 2.14. The number of piperidine rings is 1. The SMILES string of the molecule is CN1CCCCC1CNCCOCC(F)(F)F. The summed E-state index contributed by atoms with van der Waals surface area (Å²) in [6.45, 7) is 1.36. The summed E-state index contributed by atoms with van der Waals surface area (Å²) in [4.78, 5) is 2.30. The van der Waals surface area contributed by atoms with Crippen LogP contribution in [0, 0.1) is 0 Å². The van der Waals surface area contributed by atoms with Crippen molar-refractivity contribution in [2.45, 2.75) is 31.5 Å². The van der Waals surface area contributed by atoms with Crippen molar-refractivity contribution in [2.75, 3.05) is 39.9 Å². The van der Waals surface area contributed by atoms with Crippen LogP contribution in [0.1, 0.15) is 19.3 Å². The summed E-state index contributed by atoms with van der Waals surface area (Å²) in [6, 6.07) is 0.506. The Balaban J connectivity index is 1.96. The van der Waals surface area contributed by atoms with Crippen LogP contribution >= 0.6 is 0 Å². The van der Waals surface area contributed by atoms with Crippen LogP contribution in [0.25, 0.3) is 0 Å². The van der Waals surface area contributed by atoms with Crippen molar-refractivity contribution in [3.63, 3.8) is 0 Å². The Bertz CT molecular complexity index is 211. The molecule has 1 unspecified atom stereocenters. The van der Waals surface area contributed by atoms with Crippen molar-refractivity contribution in [1.29, 1.82) is 0 Å². The predicted octanol–water partition coefficient (Wildman–Crippen LogP) is 1.64. The van der Waals surface area contributed by atoms with Gasteiger partial charge in [-0.3, -0.25) is 0 Å². The topological polar surface area (TPSA) is 24.5 Å². The van der Waals surface area contributed by atoms with Gasteiger partial charge >= 0.3 is 6.18 Å². The second kappa shape index (κ2) is 7.18. The molecule has 0 spiro atoms. The van der Waals surface area contributed by atoms with E-state index in [1.54, 1.807) is 0 Å². The molecular weight excluding hydrogens is 233 g/mol. The van der Waals surface area contributed by atoms with Crippen LogP contribution in [-0.2, 0) is 4.74 Å². The number of likely N-dealkylation sites (N-methyl/N-ethyl adjacent to an activating group) is 1. The third-order valence-electron chi connectivity index (χ3n) is 2.99. The zero-order valence-corrected chi connectivity index (χ0v) is 10.2. The number of likely N-dealkylation sites (tertiary alicyclic amines) is 1. The number of hydrogen-bond acceptors (Lipinski definition) is 3. The van der Waals surface area contributed by atoms with Crippen molar-refractivity contribution >= 4 is 0 Å². The molecule has 0 aliphatic carbocycles. The number of rotatable bonds is 6. The van der Waals surface area contributed by atoms with Crippen molar-refractivity contribution in [3.05, 3.63) is 0 Å². The molecule has 0 saturated carbocycles. The average molecular weight is 254 g/mol. The normalized spacial score (nSPS) is 22.9. The van der Waals surface area contributed by atoms with Crippen molar-refractivity contribution in [3.8, 4) is 0 Å². The summed E-state index contributed by atoms with van der Waals surface area (Å²) < 4.78 is 39.8. The molecule has 6 heteroatoms. The first-order chi connectivity index (χ1) is 7.99. The monoisotopic (exact) mass is 254 g/mol. The summed E-state index contributed by atoms with van der Waals surface area (Å²) in [7, 11) is 2.09. The number of ether oxygens (including phenoxy) is 1. The van der Waals surface area contributed by atoms with E-state index in [4.69, 9.17) is 0 Å². The number of nitrogens with zero attached hydrogens (tertiary/aromatic N) is 1. The van der Waals surface area contributed by atoms with E-state index < -0.39 is 12.8 Å². The first-order valence-corrected chi connectivity index (χ1v) is 6.04. The van der Waals surface area contributed by atoms with Crippen LogP contribution in [0.3, 0.4) is 0 Å². The summed E-state index contributed by atoms with van der Waals surface area (Å²) in [5.74, 6) is 0. The van der Waals surface area contributed by atoms with E-state index in [-0.39, 0.29) is 6.61 Å². The molecule has 0 aromatic carbocycles. The Hall–Kier alpha value is -0.330. The minimum absolute atomic E-state index is 0.107. The molecule has 1 aliphatic heterocycles. The standard InChI is InChI=1S/C11H21F3N2O/c1-16-6-3-2-4-10(16)8-15-5-7-17-9-11(12,13)14/h10,15H,2-9H2,1H3. The number of nitrogens with one attached hydrogen (secondary N) is 1. The Morgan fingerprint density at radius 3 is 2.76 bits per heavy atom. The molecule has 0 aromatic heterocycles. The molecule has 1 aliphatic rings. The number of alkyl halides is 3. The van der Waals surface area contributed by atoms with Crippen molar-refractivity contribution in [1.82, 2.24) is 10.2 Å². The van der Waals surface area contributed by atoms with Crippen LogP contribution < -0.4 is 5.32 Å². The molecule has 102 valence electrons. The fourth-order valence-corrected chi connectivity index (χ4v) is 2.00. The van der Waals surface area contributed by atoms with Gasteiger partial charge in [-0.1, -0.05) is 6.42 Å². The second-order valence-electron chi connectivity index (χ2n) is 4.50. The highest BCUT2D eigenvalue weighted by molar-refractivity contribution is 4.75. The molecule has 1 N–H and O–H groups in total. The average Bonchev–Trinajstić information content (AvgIpc) is 2.24. The third-order valence-corrected chi connectivity index (χ3v) is 2.99. The molecular formula is C11H21F3N2O. The molecule has 1 fully saturated rings. The zero-order valence-electron chi connectivity index (χ0n) is 10.2. The molecule has 0 bridgehead atoms. The molecule has 3 nitrogen and oxygen atoms in total. The van der Waals surface area contributed by atoms with Gasteiger partial charge in [0, 0.05) is 19.1 Å². The lowest BCUT2D eigenvalue weighted by molar-refractivity contribution is -0.173. The lowest BCUT2D eigenvalue weighted by atomic mass is 10.0. The zero-order chi connectivity index (χ0) is 12.7. The molecule has 1 rings (SSSR count). The predicted molar refractivity (Wildman–Crippen MR) is 60.0 cm³/mol. The quantitative estimate of drug-likeness (QED) is 0.729. The molecule has 1 heterocycles. The molecule has 0 aromatic rings. The van der Waals surface area contributed by atoms with Gasteiger partial charge in [0.25, 0.3) is 0 Å². The second-order valence-corrected chi connectivity index (χ2v) is 4.50. The van der Waals surface area contributed by atoms with Gasteiger partial charge in [-0.05, 0) is 26.4 Å². The van der Waals surface area contributed by atoms with Gasteiger partial charge in [-0.2, -0.15) is 13.2 Å². The number of halogens is 3. The molecule has 0 amide bonds. The van der Waals surface area contributed by atoms with Crippen LogP contribution in [0.5, 0.6) is 0 Å². The van der Waals surface area contributed by atoms with Crippen LogP contribution in [0.2, 0.25) is 0 Å². The van der Waals surface area contributed by atoms with E-state index >= 15 is 0 Å². The van der Waals surface area contributed by atoms with Crippen molar-refractivity contribution < 1.29 is 17.9 Å². The van der Waals surface area contributed by atoms with Gasteiger partial charge < -0.3 is 15.0 Å². The van der Waals surface area contributed by atoms with Crippen LogP contribution in [-0.4, -0.2) is 57.0 Å². The molecule has 1 saturated heterocycles. The Labute approximate surface area is 100 Å².